The van der Waals surface area contributed by atoms with Crippen LogP contribution < -0.4 is 9.46 Å². The minimum absolute atomic E-state index is 0.120. The van der Waals surface area contributed by atoms with Gasteiger partial charge in [0.25, 0.3) is 10.0 Å². The second-order valence-corrected chi connectivity index (χ2v) is 8.38. The summed E-state index contributed by atoms with van der Waals surface area (Å²) in [6.07, 6.45) is 1.57. The number of hydrogen-bond donors (Lipinski definition) is 1. The van der Waals surface area contributed by atoms with Crippen LogP contribution in [-0.4, -0.2) is 30.3 Å². The Bertz CT molecular complexity index is 1190. The van der Waals surface area contributed by atoms with E-state index in [1.54, 1.807) is 43.5 Å². The zero-order valence-corrected chi connectivity index (χ0v) is 16.6. The van der Waals surface area contributed by atoms with Gasteiger partial charge in [-0.3, -0.25) is 4.72 Å². The summed E-state index contributed by atoms with van der Waals surface area (Å²) in [5.74, 6) is 1.51. The molecule has 1 N–H and O–H groups in total. The Balaban J connectivity index is 1.66. The molecule has 3 heterocycles. The predicted octanol–water partition coefficient (Wildman–Crippen LogP) is 3.71. The van der Waals surface area contributed by atoms with Crippen LogP contribution in [0.2, 0.25) is 0 Å². The fraction of sp³-hybridized carbons (Fsp3) is 0.111. The second-order valence-electron chi connectivity index (χ2n) is 5.86. The molecule has 0 aliphatic heterocycles. The van der Waals surface area contributed by atoms with Crippen molar-refractivity contribution in [1.82, 2.24) is 14.8 Å². The van der Waals surface area contributed by atoms with Crippen LogP contribution in [0.3, 0.4) is 0 Å². The molecule has 0 aliphatic carbocycles. The predicted molar refractivity (Wildman–Crippen MR) is 105 cm³/mol. The molecule has 0 unspecified atom stereocenters. The smallest absolute Gasteiger partial charge is 0.263 e. The molecule has 28 heavy (non-hydrogen) atoms. The van der Waals surface area contributed by atoms with E-state index in [0.717, 1.165) is 0 Å². The first-order valence-electron chi connectivity index (χ1n) is 8.19. The highest BCUT2D eigenvalue weighted by Gasteiger charge is 2.20. The molecule has 0 bridgehead atoms. The maximum absolute atomic E-state index is 12.8. The van der Waals surface area contributed by atoms with Gasteiger partial charge in [0.05, 0.1) is 24.0 Å². The van der Waals surface area contributed by atoms with Gasteiger partial charge in [-0.2, -0.15) is 9.78 Å². The van der Waals surface area contributed by atoms with E-state index in [9.17, 15) is 8.42 Å². The molecule has 0 spiro atoms. The van der Waals surface area contributed by atoms with Crippen LogP contribution in [0.1, 0.15) is 5.69 Å². The molecule has 0 fully saturated rings. The lowest BCUT2D eigenvalue weighted by molar-refractivity contribution is 0.414. The van der Waals surface area contributed by atoms with Crippen molar-refractivity contribution >= 4 is 27.2 Å². The van der Waals surface area contributed by atoms with Crippen LogP contribution in [-0.2, 0) is 10.0 Å². The van der Waals surface area contributed by atoms with Gasteiger partial charge in [0.15, 0.2) is 5.76 Å². The van der Waals surface area contributed by atoms with Crippen LogP contribution in [0.5, 0.6) is 5.75 Å². The third-order valence-corrected chi connectivity index (χ3v) is 6.07. The molecule has 1 aromatic carbocycles. The van der Waals surface area contributed by atoms with Crippen molar-refractivity contribution in [3.05, 3.63) is 59.8 Å². The topological polar surface area (TPSA) is 99.2 Å². The van der Waals surface area contributed by atoms with Crippen molar-refractivity contribution < 1.29 is 17.6 Å². The van der Waals surface area contributed by atoms with Crippen LogP contribution in [0, 0.1) is 6.92 Å². The number of nitrogens with zero attached hydrogens (tertiary/aromatic N) is 3. The normalized spacial score (nSPS) is 11.5. The first kappa shape index (κ1) is 18.3. The van der Waals surface area contributed by atoms with Gasteiger partial charge >= 0.3 is 0 Å². The number of hydrogen-bond acceptors (Lipinski definition) is 7. The Morgan fingerprint density at radius 2 is 2.00 bits per heavy atom. The summed E-state index contributed by atoms with van der Waals surface area (Å²) in [5.41, 5.74) is 1.31. The third kappa shape index (κ3) is 3.51. The molecule has 0 saturated carbocycles. The summed E-state index contributed by atoms with van der Waals surface area (Å²) in [6, 6.07) is 11.4. The van der Waals surface area contributed by atoms with Crippen molar-refractivity contribution in [2.45, 2.75) is 11.8 Å². The Morgan fingerprint density at radius 3 is 2.68 bits per heavy atom. The van der Waals surface area contributed by atoms with E-state index < -0.39 is 10.0 Å². The first-order chi connectivity index (χ1) is 13.5. The Hall–Kier alpha value is -3.11. The molecule has 8 nitrogen and oxygen atoms in total. The second kappa shape index (κ2) is 7.13. The number of ether oxygens (including phenoxy) is 1. The van der Waals surface area contributed by atoms with Gasteiger partial charge in [0.2, 0.25) is 5.13 Å². The standard InChI is InChI=1S/C18H16N4O4S2/c1-12-10-17(21-28(23,24)14-7-5-13(25-2)6-8-14)22(20-12)18-19-15(11-27-18)16-4-3-9-26-16/h3-11,21H,1-2H3. The summed E-state index contributed by atoms with van der Waals surface area (Å²) in [4.78, 5) is 4.62. The van der Waals surface area contributed by atoms with Crippen molar-refractivity contribution in [2.75, 3.05) is 11.8 Å². The van der Waals surface area contributed by atoms with Crippen molar-refractivity contribution in [3.8, 4) is 22.3 Å². The molecule has 4 rings (SSSR count). The molecule has 10 heteroatoms. The zero-order valence-electron chi connectivity index (χ0n) is 15.0. The summed E-state index contributed by atoms with van der Waals surface area (Å²) < 4.78 is 40.0. The number of benzene rings is 1. The maximum atomic E-state index is 12.8. The quantitative estimate of drug-likeness (QED) is 0.514. The minimum Gasteiger partial charge on any atom is -0.497 e. The Morgan fingerprint density at radius 1 is 1.21 bits per heavy atom. The van der Waals surface area contributed by atoms with E-state index >= 15 is 0 Å². The van der Waals surface area contributed by atoms with Crippen molar-refractivity contribution in [3.63, 3.8) is 0 Å². The maximum Gasteiger partial charge on any atom is 0.263 e. The van der Waals surface area contributed by atoms with Crippen LogP contribution >= 0.6 is 11.3 Å². The fourth-order valence-electron chi connectivity index (χ4n) is 2.57. The summed E-state index contributed by atoms with van der Waals surface area (Å²) >= 11 is 1.33. The lowest BCUT2D eigenvalue weighted by Crippen LogP contribution is -2.15. The van der Waals surface area contributed by atoms with Crippen LogP contribution in [0.15, 0.2) is 63.4 Å². The summed E-state index contributed by atoms with van der Waals surface area (Å²) in [5, 5.41) is 6.71. The number of sulfonamides is 1. The number of methoxy groups -OCH3 is 1. The third-order valence-electron chi connectivity index (χ3n) is 3.89. The number of aryl methyl sites for hydroxylation is 1. The average molecular weight is 416 g/mol. The van der Waals surface area contributed by atoms with Crippen molar-refractivity contribution in [2.24, 2.45) is 0 Å². The zero-order chi connectivity index (χ0) is 19.7. The minimum atomic E-state index is -3.80. The van der Waals surface area contributed by atoms with Crippen molar-refractivity contribution in [1.29, 1.82) is 0 Å². The number of anilines is 1. The number of nitrogens with one attached hydrogen (secondary N) is 1. The molecular weight excluding hydrogens is 400 g/mol. The van der Waals surface area contributed by atoms with Crippen LogP contribution in [0.25, 0.3) is 16.6 Å². The molecule has 0 amide bonds. The van der Waals surface area contributed by atoms with E-state index in [1.165, 1.54) is 35.3 Å². The average Bonchev–Trinajstić information content (AvgIpc) is 3.42. The number of aromatic nitrogens is 3. The molecule has 0 atom stereocenters. The molecular formula is C18H16N4O4S2. The van der Waals surface area contributed by atoms with E-state index in [0.29, 0.717) is 33.8 Å². The number of furan rings is 1. The SMILES string of the molecule is COc1ccc(S(=O)(=O)Nc2cc(C)nn2-c2nc(-c3ccco3)cs2)cc1. The van der Waals surface area contributed by atoms with E-state index in [-0.39, 0.29) is 4.90 Å². The summed E-state index contributed by atoms with van der Waals surface area (Å²) in [6.45, 7) is 1.78. The first-order valence-corrected chi connectivity index (χ1v) is 10.6. The van der Waals surface area contributed by atoms with E-state index in [2.05, 4.69) is 14.8 Å². The largest absolute Gasteiger partial charge is 0.497 e. The van der Waals surface area contributed by atoms with Gasteiger partial charge in [-0.1, -0.05) is 0 Å². The molecule has 144 valence electrons. The summed E-state index contributed by atoms with van der Waals surface area (Å²) in [7, 11) is -2.28. The lowest BCUT2D eigenvalue weighted by Gasteiger charge is -2.09. The van der Waals surface area contributed by atoms with Gasteiger partial charge in [-0.15, -0.1) is 11.3 Å². The molecule has 4 aromatic rings. The Kier molecular flexibility index (Phi) is 4.65. The highest BCUT2D eigenvalue weighted by Crippen LogP contribution is 2.27. The number of thiazole rings is 1. The lowest BCUT2D eigenvalue weighted by atomic mass is 10.3. The van der Waals surface area contributed by atoms with E-state index in [4.69, 9.17) is 9.15 Å². The Labute approximate surface area is 165 Å². The van der Waals surface area contributed by atoms with Gasteiger partial charge in [0.1, 0.15) is 17.3 Å². The molecule has 0 radical (unpaired) electrons. The van der Waals surface area contributed by atoms with E-state index in [1.807, 2.05) is 5.38 Å². The monoisotopic (exact) mass is 416 g/mol. The molecule has 0 saturated heterocycles. The van der Waals surface area contributed by atoms with Crippen LogP contribution in [0.4, 0.5) is 5.82 Å². The number of rotatable bonds is 6. The fourth-order valence-corrected chi connectivity index (χ4v) is 4.38. The van der Waals surface area contributed by atoms with Gasteiger partial charge in [-0.05, 0) is 43.3 Å². The van der Waals surface area contributed by atoms with Gasteiger partial charge < -0.3 is 9.15 Å². The van der Waals surface area contributed by atoms with Gasteiger partial charge in [-0.25, -0.2) is 13.4 Å². The van der Waals surface area contributed by atoms with Gasteiger partial charge in [0, 0.05) is 11.4 Å². The highest BCUT2D eigenvalue weighted by molar-refractivity contribution is 7.92. The highest BCUT2D eigenvalue weighted by atomic mass is 32.2. The molecule has 3 aromatic heterocycles. The molecule has 0 aliphatic rings.